The monoisotopic (exact) mass is 668 g/mol. The van der Waals surface area contributed by atoms with Gasteiger partial charge in [-0.15, -0.1) is 0 Å². The molecule has 49 heavy (non-hydrogen) atoms. The van der Waals surface area contributed by atoms with Crippen LogP contribution < -0.4 is 29.2 Å². The summed E-state index contributed by atoms with van der Waals surface area (Å²) >= 11 is 0. The maximum atomic E-state index is 13.9. The number of benzene rings is 3. The molecule has 4 saturated heterocycles. The summed E-state index contributed by atoms with van der Waals surface area (Å²) in [5.41, 5.74) is 2.81. The van der Waals surface area contributed by atoms with Gasteiger partial charge in [-0.05, 0) is 78.1 Å². The number of methoxy groups -OCH3 is 2. The quantitative estimate of drug-likeness (QED) is 0.294. The first-order valence-electron chi connectivity index (χ1n) is 16.3. The number of esters is 1. The number of amides is 3. The standard InChI is InChI=1S/C36H32N2O11/c1-44-25-9-16(10-26(45-2)32(25)39)27-18-11-23-24(48-14-47-23)12-19(18)31(20-13-46-36(43)28(20)27)37-33(40)15-3-5-17(6-4-15)38-34(41)29-21-7-8-22(49-21)30(29)35(38)42/h3-6,9-12,20-22,27-31,39H,7-8,13-14H2,1-2H3,(H,37,40)/t20-,21?,22?,27+,28-,29?,30?,31+/m0/s1. The molecule has 0 spiro atoms. The number of fused-ring (bicyclic) bond motifs is 8. The number of ether oxygens (including phenoxy) is 6. The molecule has 13 nitrogen and oxygen atoms in total. The number of imide groups is 1. The lowest BCUT2D eigenvalue weighted by Gasteiger charge is -2.39. The molecule has 0 saturated carbocycles. The van der Waals surface area contributed by atoms with Gasteiger partial charge in [-0.2, -0.15) is 0 Å². The van der Waals surface area contributed by atoms with E-state index in [-0.39, 0.29) is 54.7 Å². The van der Waals surface area contributed by atoms with E-state index < -0.39 is 47.5 Å². The van der Waals surface area contributed by atoms with Gasteiger partial charge in [0.15, 0.2) is 23.0 Å². The van der Waals surface area contributed by atoms with E-state index in [0.717, 1.165) is 18.4 Å². The second-order valence-corrected chi connectivity index (χ2v) is 13.3. The summed E-state index contributed by atoms with van der Waals surface area (Å²) in [7, 11) is 2.86. The molecule has 13 heteroatoms. The molecule has 2 N–H and O–H groups in total. The number of carbonyl (C=O) groups excluding carboxylic acids is 4. The van der Waals surface area contributed by atoms with Gasteiger partial charge in [0.25, 0.3) is 5.91 Å². The van der Waals surface area contributed by atoms with E-state index in [1.54, 1.807) is 36.4 Å². The SMILES string of the molecule is COc1cc([C@@H]2c3cc4c(cc3[C@@H](NC(=O)c3ccc(N5C(=O)C6C7CCC(O7)C6C5=O)cc3)[C@H]3COC(=O)[C@H]23)OCO4)cc(OC)c1O. The van der Waals surface area contributed by atoms with Crippen LogP contribution in [-0.2, 0) is 23.9 Å². The fourth-order valence-electron chi connectivity index (χ4n) is 8.79. The van der Waals surface area contributed by atoms with E-state index in [0.29, 0.717) is 33.9 Å². The van der Waals surface area contributed by atoms with Crippen LogP contribution in [0.15, 0.2) is 48.5 Å². The number of nitrogens with one attached hydrogen (secondary N) is 1. The molecule has 3 amide bonds. The fraction of sp³-hybridized carbons (Fsp3) is 0.389. The fourth-order valence-corrected chi connectivity index (χ4v) is 8.79. The molecule has 5 heterocycles. The number of phenols is 1. The molecule has 4 fully saturated rings. The number of rotatable bonds is 6. The second kappa shape index (κ2) is 10.9. The van der Waals surface area contributed by atoms with Gasteiger partial charge in [0, 0.05) is 17.4 Å². The van der Waals surface area contributed by atoms with Gasteiger partial charge >= 0.3 is 5.97 Å². The molecular weight excluding hydrogens is 636 g/mol. The van der Waals surface area contributed by atoms with Crippen molar-refractivity contribution in [3.8, 4) is 28.7 Å². The highest BCUT2D eigenvalue weighted by atomic mass is 16.7. The Morgan fingerprint density at radius 3 is 2.06 bits per heavy atom. The van der Waals surface area contributed by atoms with Crippen molar-refractivity contribution in [3.05, 3.63) is 70.8 Å². The Labute approximate surface area is 280 Å². The highest BCUT2D eigenvalue weighted by Gasteiger charge is 2.62. The number of anilines is 1. The van der Waals surface area contributed by atoms with E-state index in [1.165, 1.54) is 19.1 Å². The number of carbonyl (C=O) groups is 4. The summed E-state index contributed by atoms with van der Waals surface area (Å²) in [6.45, 7) is 0.0945. The summed E-state index contributed by atoms with van der Waals surface area (Å²) in [6.07, 6.45) is 1.12. The van der Waals surface area contributed by atoms with Gasteiger partial charge in [-0.1, -0.05) is 0 Å². The number of cyclic esters (lactones) is 1. The lowest BCUT2D eigenvalue weighted by Crippen LogP contribution is -2.42. The van der Waals surface area contributed by atoms with Crippen molar-refractivity contribution in [2.45, 2.75) is 37.0 Å². The number of aromatic hydroxyl groups is 1. The third kappa shape index (κ3) is 4.27. The summed E-state index contributed by atoms with van der Waals surface area (Å²) < 4.78 is 33.8. The van der Waals surface area contributed by atoms with Gasteiger partial charge in [-0.25, -0.2) is 4.90 Å². The predicted octanol–water partition coefficient (Wildman–Crippen LogP) is 3.21. The van der Waals surface area contributed by atoms with Crippen LogP contribution in [0.25, 0.3) is 0 Å². The minimum absolute atomic E-state index is 0.0277. The molecule has 2 bridgehead atoms. The van der Waals surface area contributed by atoms with Gasteiger partial charge in [0.05, 0.1) is 62.5 Å². The van der Waals surface area contributed by atoms with Gasteiger partial charge in [0.2, 0.25) is 24.4 Å². The summed E-state index contributed by atoms with van der Waals surface area (Å²) in [5, 5.41) is 13.8. The van der Waals surface area contributed by atoms with Crippen molar-refractivity contribution < 1.29 is 52.7 Å². The Hall–Kier alpha value is -5.30. The van der Waals surface area contributed by atoms with Crippen LogP contribution in [0.5, 0.6) is 28.7 Å². The highest BCUT2D eigenvalue weighted by Crippen LogP contribution is 2.56. The third-order valence-corrected chi connectivity index (χ3v) is 11.0. The number of hydrogen-bond acceptors (Lipinski definition) is 11. The first kappa shape index (κ1) is 29.8. The number of nitrogens with zero attached hydrogens (tertiary/aromatic N) is 1. The van der Waals surface area contributed by atoms with Gasteiger partial charge in [0.1, 0.15) is 0 Å². The van der Waals surface area contributed by atoms with E-state index in [9.17, 15) is 24.3 Å². The molecule has 9 rings (SSSR count). The largest absolute Gasteiger partial charge is 0.502 e. The molecule has 6 aliphatic rings. The number of phenolic OH excluding ortho intramolecular Hbond substituents is 1. The van der Waals surface area contributed by atoms with E-state index in [2.05, 4.69) is 5.32 Å². The Balaban J connectivity index is 1.05. The van der Waals surface area contributed by atoms with Gasteiger partial charge in [-0.3, -0.25) is 19.2 Å². The average Bonchev–Trinajstić information content (AvgIpc) is 3.95. The summed E-state index contributed by atoms with van der Waals surface area (Å²) in [4.78, 5) is 55.1. The highest BCUT2D eigenvalue weighted by molar-refractivity contribution is 6.23. The first-order chi connectivity index (χ1) is 23.8. The maximum Gasteiger partial charge on any atom is 0.310 e. The zero-order valence-corrected chi connectivity index (χ0v) is 26.5. The lowest BCUT2D eigenvalue weighted by atomic mass is 9.65. The van der Waals surface area contributed by atoms with Crippen molar-refractivity contribution in [3.63, 3.8) is 0 Å². The molecule has 252 valence electrons. The van der Waals surface area contributed by atoms with E-state index >= 15 is 0 Å². The summed E-state index contributed by atoms with van der Waals surface area (Å²) in [6, 6.07) is 12.7. The van der Waals surface area contributed by atoms with Crippen LogP contribution in [-0.4, -0.2) is 68.6 Å². The Kier molecular flexibility index (Phi) is 6.60. The average molecular weight is 669 g/mol. The molecular formula is C36H32N2O11. The molecule has 8 atom stereocenters. The predicted molar refractivity (Wildman–Crippen MR) is 168 cm³/mol. The van der Waals surface area contributed by atoms with Crippen molar-refractivity contribution in [2.75, 3.05) is 32.5 Å². The molecule has 0 radical (unpaired) electrons. The van der Waals surface area contributed by atoms with Crippen LogP contribution in [0, 0.1) is 23.7 Å². The zero-order chi connectivity index (χ0) is 33.7. The van der Waals surface area contributed by atoms with E-state index in [4.69, 9.17) is 28.4 Å². The Morgan fingerprint density at radius 1 is 0.837 bits per heavy atom. The molecule has 5 aliphatic heterocycles. The number of hydrogen-bond donors (Lipinski definition) is 2. The smallest absolute Gasteiger partial charge is 0.310 e. The minimum atomic E-state index is -0.703. The molecule has 3 aromatic carbocycles. The normalized spacial score (nSPS) is 30.2. The molecule has 0 aromatic heterocycles. The minimum Gasteiger partial charge on any atom is -0.502 e. The first-order valence-corrected chi connectivity index (χ1v) is 16.3. The maximum absolute atomic E-state index is 13.9. The summed E-state index contributed by atoms with van der Waals surface area (Å²) in [5.74, 6) is -2.77. The van der Waals surface area contributed by atoms with Crippen molar-refractivity contribution in [2.24, 2.45) is 23.7 Å². The third-order valence-electron chi connectivity index (χ3n) is 11.0. The van der Waals surface area contributed by atoms with Crippen LogP contribution >= 0.6 is 0 Å². The second-order valence-electron chi connectivity index (χ2n) is 13.3. The topological polar surface area (TPSA) is 159 Å². The molecule has 1 aliphatic carbocycles. The van der Waals surface area contributed by atoms with Crippen LogP contribution in [0.3, 0.4) is 0 Å². The Bertz CT molecular complexity index is 1890. The van der Waals surface area contributed by atoms with E-state index in [1.807, 2.05) is 12.1 Å². The van der Waals surface area contributed by atoms with Crippen LogP contribution in [0.2, 0.25) is 0 Å². The van der Waals surface area contributed by atoms with Crippen molar-refractivity contribution >= 4 is 29.4 Å². The lowest BCUT2D eigenvalue weighted by molar-refractivity contribution is -0.141. The van der Waals surface area contributed by atoms with Gasteiger partial charge < -0.3 is 38.8 Å². The Morgan fingerprint density at radius 2 is 1.45 bits per heavy atom. The van der Waals surface area contributed by atoms with Crippen molar-refractivity contribution in [1.29, 1.82) is 0 Å². The van der Waals surface area contributed by atoms with Crippen molar-refractivity contribution in [1.82, 2.24) is 5.32 Å². The molecule has 4 unspecified atom stereocenters. The zero-order valence-electron chi connectivity index (χ0n) is 26.5. The van der Waals surface area contributed by atoms with Crippen LogP contribution in [0.1, 0.15) is 51.8 Å². The van der Waals surface area contributed by atoms with Crippen LogP contribution in [0.4, 0.5) is 5.69 Å². The molecule has 3 aromatic rings.